The fourth-order valence-electron chi connectivity index (χ4n) is 3.96. The number of urea groups is 1. The second-order valence-electron chi connectivity index (χ2n) is 8.65. The summed E-state index contributed by atoms with van der Waals surface area (Å²) in [7, 11) is 3.80. The number of halogens is 1. The number of amides is 2. The molecule has 0 radical (unpaired) electrons. The van der Waals surface area contributed by atoms with E-state index in [9.17, 15) is 14.3 Å². The van der Waals surface area contributed by atoms with E-state index < -0.39 is 0 Å². The Bertz CT molecular complexity index is 655. The fourth-order valence-corrected chi connectivity index (χ4v) is 3.96. The van der Waals surface area contributed by atoms with Crippen LogP contribution in [0, 0.1) is 17.7 Å². The third kappa shape index (κ3) is 8.37. The number of rotatable bonds is 11. The molecule has 0 unspecified atom stereocenters. The third-order valence-corrected chi connectivity index (χ3v) is 5.98. The van der Waals surface area contributed by atoms with Crippen molar-refractivity contribution in [2.24, 2.45) is 11.8 Å². The number of likely N-dealkylation sites (N-methyl/N-ethyl adjacent to an activating group) is 1. The second-order valence-corrected chi connectivity index (χ2v) is 8.65. The molecule has 0 aliphatic carbocycles. The second kappa shape index (κ2) is 13.0. The first-order valence-corrected chi connectivity index (χ1v) is 11.1. The number of benzene rings is 1. The monoisotopic (exact) mass is 439 g/mol. The minimum Gasteiger partial charge on any atom is -0.394 e. The predicted molar refractivity (Wildman–Crippen MR) is 120 cm³/mol. The molecule has 1 saturated heterocycles. The highest BCUT2D eigenvalue weighted by Crippen LogP contribution is 2.18. The highest BCUT2D eigenvalue weighted by Gasteiger charge is 2.27. The summed E-state index contributed by atoms with van der Waals surface area (Å²) in [6.45, 7) is 7.56. The maximum atomic E-state index is 13.1. The average molecular weight is 440 g/mol. The summed E-state index contributed by atoms with van der Waals surface area (Å²) in [6.07, 6.45) is 2.11. The number of anilines is 1. The van der Waals surface area contributed by atoms with Crippen LogP contribution >= 0.6 is 0 Å². The lowest BCUT2D eigenvalue weighted by molar-refractivity contribution is 0.00866. The van der Waals surface area contributed by atoms with Crippen LogP contribution in [0.25, 0.3) is 0 Å². The van der Waals surface area contributed by atoms with Crippen molar-refractivity contribution < 1.29 is 23.8 Å². The molecule has 31 heavy (non-hydrogen) atoms. The molecule has 3 atom stereocenters. The van der Waals surface area contributed by atoms with E-state index in [2.05, 4.69) is 24.2 Å². The van der Waals surface area contributed by atoms with Gasteiger partial charge in [-0.3, -0.25) is 0 Å². The molecule has 1 heterocycles. The summed E-state index contributed by atoms with van der Waals surface area (Å²) in [5, 5.41) is 12.5. The molecule has 0 bridgehead atoms. The van der Waals surface area contributed by atoms with Gasteiger partial charge in [-0.15, -0.1) is 0 Å². The molecule has 1 aromatic carbocycles. The highest BCUT2D eigenvalue weighted by atomic mass is 19.1. The Morgan fingerprint density at radius 2 is 1.90 bits per heavy atom. The van der Waals surface area contributed by atoms with Crippen molar-refractivity contribution in [1.29, 1.82) is 0 Å². The van der Waals surface area contributed by atoms with Crippen LogP contribution < -0.4 is 5.32 Å². The maximum absolute atomic E-state index is 13.1. The van der Waals surface area contributed by atoms with Crippen molar-refractivity contribution in [2.45, 2.75) is 38.8 Å². The summed E-state index contributed by atoms with van der Waals surface area (Å²) >= 11 is 0. The molecular formula is C23H38FN3O4. The summed E-state index contributed by atoms with van der Waals surface area (Å²) in [5.74, 6) is 0.328. The number of nitrogens with one attached hydrogen (secondary N) is 1. The van der Waals surface area contributed by atoms with Gasteiger partial charge in [0.15, 0.2) is 0 Å². The number of hydrogen-bond donors (Lipinski definition) is 2. The maximum Gasteiger partial charge on any atom is 0.322 e. The Morgan fingerprint density at radius 1 is 1.26 bits per heavy atom. The number of nitrogens with zero attached hydrogens (tertiary/aromatic N) is 2. The van der Waals surface area contributed by atoms with Gasteiger partial charge >= 0.3 is 6.03 Å². The molecule has 176 valence electrons. The number of aliphatic hydroxyl groups is 1. The van der Waals surface area contributed by atoms with E-state index >= 15 is 0 Å². The molecule has 1 aromatic rings. The first-order valence-electron chi connectivity index (χ1n) is 11.1. The van der Waals surface area contributed by atoms with Gasteiger partial charge in [0, 0.05) is 51.6 Å². The summed E-state index contributed by atoms with van der Waals surface area (Å²) in [6, 6.07) is 4.94. The van der Waals surface area contributed by atoms with Crippen LogP contribution in [0.3, 0.4) is 0 Å². The molecule has 0 saturated carbocycles. The number of ether oxygens (including phenoxy) is 2. The van der Waals surface area contributed by atoms with Crippen LogP contribution in [-0.4, -0.2) is 86.7 Å². The molecule has 1 aliphatic rings. The third-order valence-electron chi connectivity index (χ3n) is 5.98. The van der Waals surface area contributed by atoms with Crippen molar-refractivity contribution in [3.8, 4) is 0 Å². The minimum absolute atomic E-state index is 0.0510. The van der Waals surface area contributed by atoms with Gasteiger partial charge in [0.2, 0.25) is 0 Å². The molecule has 8 heteroatoms. The van der Waals surface area contributed by atoms with E-state index in [-0.39, 0.29) is 36.5 Å². The normalized spacial score (nSPS) is 17.9. The molecule has 1 fully saturated rings. The van der Waals surface area contributed by atoms with Crippen molar-refractivity contribution in [3.05, 3.63) is 30.1 Å². The lowest BCUT2D eigenvalue weighted by Crippen LogP contribution is -2.48. The summed E-state index contributed by atoms with van der Waals surface area (Å²) < 4.78 is 24.3. The van der Waals surface area contributed by atoms with Crippen LogP contribution in [-0.2, 0) is 9.47 Å². The Morgan fingerprint density at radius 3 is 2.48 bits per heavy atom. The van der Waals surface area contributed by atoms with Gasteiger partial charge in [0.05, 0.1) is 18.8 Å². The van der Waals surface area contributed by atoms with E-state index in [0.717, 1.165) is 39.1 Å². The Labute approximate surface area is 185 Å². The van der Waals surface area contributed by atoms with Crippen molar-refractivity contribution >= 4 is 11.7 Å². The predicted octanol–water partition coefficient (Wildman–Crippen LogP) is 3.05. The van der Waals surface area contributed by atoms with E-state index in [1.807, 2.05) is 0 Å². The molecular weight excluding hydrogens is 401 g/mol. The topological polar surface area (TPSA) is 74.3 Å². The zero-order valence-electron chi connectivity index (χ0n) is 19.2. The summed E-state index contributed by atoms with van der Waals surface area (Å²) in [4.78, 5) is 16.8. The molecule has 7 nitrogen and oxygen atoms in total. The standard InChI is InChI=1S/C23H38FN3O4/c1-17(22(30-4)15-26(3)14-19-9-11-31-12-10-19)13-27(18(2)16-28)23(29)25-21-7-5-20(24)6-8-21/h5-8,17-19,22,28H,9-16H2,1-4H3,(H,25,29)/t17-,18+,22+/m0/s1. The minimum atomic E-state index is -0.361. The lowest BCUT2D eigenvalue weighted by atomic mass is 9.98. The lowest BCUT2D eigenvalue weighted by Gasteiger charge is -2.35. The van der Waals surface area contributed by atoms with Gasteiger partial charge in [0.25, 0.3) is 0 Å². The van der Waals surface area contributed by atoms with E-state index in [4.69, 9.17) is 9.47 Å². The van der Waals surface area contributed by atoms with Crippen molar-refractivity contribution in [1.82, 2.24) is 9.80 Å². The quantitative estimate of drug-likeness (QED) is 0.554. The first-order chi connectivity index (χ1) is 14.8. The number of carbonyl (C=O) groups is 1. The largest absolute Gasteiger partial charge is 0.394 e. The van der Waals surface area contributed by atoms with Gasteiger partial charge in [-0.05, 0) is 57.0 Å². The Hall–Kier alpha value is -1.74. The van der Waals surface area contributed by atoms with E-state index in [1.54, 1.807) is 18.9 Å². The van der Waals surface area contributed by atoms with Gasteiger partial charge in [-0.2, -0.15) is 0 Å². The van der Waals surface area contributed by atoms with Crippen LogP contribution in [0.5, 0.6) is 0 Å². The van der Waals surface area contributed by atoms with Crippen LogP contribution in [0.1, 0.15) is 26.7 Å². The van der Waals surface area contributed by atoms with Crippen LogP contribution in [0.4, 0.5) is 14.9 Å². The van der Waals surface area contributed by atoms with Gasteiger partial charge in [0.1, 0.15) is 5.82 Å². The van der Waals surface area contributed by atoms with Crippen molar-refractivity contribution in [2.75, 3.05) is 58.9 Å². The van der Waals surface area contributed by atoms with E-state index in [1.165, 1.54) is 24.3 Å². The molecule has 2 amide bonds. The Kier molecular flexibility index (Phi) is 10.7. The van der Waals surface area contributed by atoms with Gasteiger partial charge < -0.3 is 29.7 Å². The fraction of sp³-hybridized carbons (Fsp3) is 0.696. The molecule has 1 aliphatic heterocycles. The van der Waals surface area contributed by atoms with Crippen molar-refractivity contribution in [3.63, 3.8) is 0 Å². The van der Waals surface area contributed by atoms with E-state index in [0.29, 0.717) is 18.2 Å². The molecule has 0 spiro atoms. The number of hydrogen-bond acceptors (Lipinski definition) is 5. The van der Waals surface area contributed by atoms with Gasteiger partial charge in [-0.25, -0.2) is 9.18 Å². The SMILES string of the molecule is CO[C@H](CN(C)CC1CCOCC1)[C@@H](C)CN(C(=O)Nc1ccc(F)cc1)[C@H](C)CO. The molecule has 2 rings (SSSR count). The van der Waals surface area contributed by atoms with Crippen LogP contribution in [0.15, 0.2) is 24.3 Å². The Balaban J connectivity index is 1.95. The zero-order valence-corrected chi connectivity index (χ0v) is 19.2. The van der Waals surface area contributed by atoms with Crippen LogP contribution in [0.2, 0.25) is 0 Å². The average Bonchev–Trinajstić information content (AvgIpc) is 2.77. The molecule has 2 N–H and O–H groups in total. The smallest absolute Gasteiger partial charge is 0.322 e. The zero-order chi connectivity index (χ0) is 22.8. The first kappa shape index (κ1) is 25.5. The highest BCUT2D eigenvalue weighted by molar-refractivity contribution is 5.89. The number of carbonyl (C=O) groups excluding carboxylic acids is 1. The van der Waals surface area contributed by atoms with Gasteiger partial charge in [-0.1, -0.05) is 6.92 Å². The molecule has 0 aromatic heterocycles. The number of aliphatic hydroxyl groups excluding tert-OH is 1. The number of methoxy groups -OCH3 is 1. The summed E-state index contributed by atoms with van der Waals surface area (Å²) in [5.41, 5.74) is 0.508.